The van der Waals surface area contributed by atoms with Gasteiger partial charge in [-0.3, -0.25) is 4.98 Å². The second-order valence-corrected chi connectivity index (χ2v) is 5.38. The van der Waals surface area contributed by atoms with Gasteiger partial charge in [-0.2, -0.15) is 0 Å². The third-order valence-corrected chi connectivity index (χ3v) is 3.77. The second kappa shape index (κ2) is 6.86. The van der Waals surface area contributed by atoms with Crippen LogP contribution in [0.25, 0.3) is 0 Å². The van der Waals surface area contributed by atoms with E-state index < -0.39 is 0 Å². The van der Waals surface area contributed by atoms with Gasteiger partial charge in [0, 0.05) is 18.8 Å². The summed E-state index contributed by atoms with van der Waals surface area (Å²) in [5, 5.41) is 12.6. The molecule has 1 heterocycles. The van der Waals surface area contributed by atoms with Crippen molar-refractivity contribution in [3.05, 3.63) is 29.6 Å². The van der Waals surface area contributed by atoms with E-state index >= 15 is 0 Å². The molecule has 2 unspecified atom stereocenters. The Hall–Kier alpha value is -0.930. The smallest absolute Gasteiger partial charge is 0.0605 e. The Kier molecular flexibility index (Phi) is 5.14. The molecular weight excluding hydrogens is 224 g/mol. The van der Waals surface area contributed by atoms with E-state index in [9.17, 15) is 0 Å². The summed E-state index contributed by atoms with van der Waals surface area (Å²) in [5.74, 6) is 0.420. The summed E-state index contributed by atoms with van der Waals surface area (Å²) in [6.45, 7) is 3.41. The summed E-state index contributed by atoms with van der Waals surface area (Å²) in [4.78, 5) is 4.53. The van der Waals surface area contributed by atoms with Crippen molar-refractivity contribution in [1.82, 2.24) is 10.3 Å². The van der Waals surface area contributed by atoms with Gasteiger partial charge >= 0.3 is 0 Å². The molecule has 0 saturated heterocycles. The molecule has 3 heteroatoms. The van der Waals surface area contributed by atoms with Crippen molar-refractivity contribution in [3.8, 4) is 0 Å². The molecule has 0 spiro atoms. The zero-order valence-corrected chi connectivity index (χ0v) is 11.2. The third kappa shape index (κ3) is 3.53. The van der Waals surface area contributed by atoms with E-state index in [2.05, 4.69) is 23.3 Å². The fraction of sp³-hybridized carbons (Fsp3) is 0.667. The lowest BCUT2D eigenvalue weighted by Crippen LogP contribution is -2.27. The van der Waals surface area contributed by atoms with E-state index in [0.717, 1.165) is 19.4 Å². The van der Waals surface area contributed by atoms with Gasteiger partial charge < -0.3 is 10.4 Å². The van der Waals surface area contributed by atoms with E-state index in [1.165, 1.54) is 30.5 Å². The molecule has 0 bridgehead atoms. The Labute approximate surface area is 110 Å². The summed E-state index contributed by atoms with van der Waals surface area (Å²) < 4.78 is 0. The minimum absolute atomic E-state index is 0.299. The minimum Gasteiger partial charge on any atom is -0.396 e. The predicted molar refractivity (Wildman–Crippen MR) is 73.4 cm³/mol. The maximum atomic E-state index is 8.98. The number of fused-ring (bicyclic) bond motifs is 1. The number of aryl methyl sites for hydroxylation is 1. The maximum Gasteiger partial charge on any atom is 0.0605 e. The average Bonchev–Trinajstić information content (AvgIpc) is 2.43. The highest BCUT2D eigenvalue weighted by atomic mass is 16.3. The predicted octanol–water partition coefficient (Wildman–Crippen LogP) is 2.46. The normalized spacial score (nSPS) is 20.4. The molecule has 1 aromatic rings. The highest BCUT2D eigenvalue weighted by Crippen LogP contribution is 2.27. The lowest BCUT2D eigenvalue weighted by Gasteiger charge is -2.25. The van der Waals surface area contributed by atoms with Crippen LogP contribution in [-0.4, -0.2) is 23.2 Å². The lowest BCUT2D eigenvalue weighted by atomic mass is 9.92. The van der Waals surface area contributed by atoms with Crippen molar-refractivity contribution >= 4 is 0 Å². The number of nitrogens with one attached hydrogen (secondary N) is 1. The van der Waals surface area contributed by atoms with Crippen molar-refractivity contribution in [2.45, 2.75) is 45.1 Å². The molecule has 0 radical (unpaired) electrons. The molecule has 3 nitrogen and oxygen atoms in total. The van der Waals surface area contributed by atoms with E-state index in [1.54, 1.807) is 0 Å². The number of aliphatic hydroxyl groups excluding tert-OH is 1. The Morgan fingerprint density at radius 2 is 2.44 bits per heavy atom. The highest BCUT2D eigenvalue weighted by molar-refractivity contribution is 5.25. The summed E-state index contributed by atoms with van der Waals surface area (Å²) in [6.07, 6.45) is 7.73. The molecule has 1 aliphatic carbocycles. The second-order valence-electron chi connectivity index (χ2n) is 5.38. The van der Waals surface area contributed by atoms with Crippen molar-refractivity contribution in [2.75, 3.05) is 13.2 Å². The summed E-state index contributed by atoms with van der Waals surface area (Å²) >= 11 is 0. The number of aliphatic hydroxyl groups is 1. The number of hydrogen-bond donors (Lipinski definition) is 2. The number of pyridine rings is 1. The Morgan fingerprint density at radius 3 is 3.28 bits per heavy atom. The van der Waals surface area contributed by atoms with Crippen LogP contribution in [0.4, 0.5) is 0 Å². The molecule has 2 rings (SSSR count). The van der Waals surface area contributed by atoms with Gasteiger partial charge in [0.2, 0.25) is 0 Å². The van der Waals surface area contributed by atoms with Crippen LogP contribution in [-0.2, 0) is 6.42 Å². The first kappa shape index (κ1) is 13.5. The molecule has 100 valence electrons. The zero-order chi connectivity index (χ0) is 12.8. The molecule has 18 heavy (non-hydrogen) atoms. The Bertz CT molecular complexity index is 367. The fourth-order valence-corrected chi connectivity index (χ4v) is 2.63. The number of aromatic nitrogens is 1. The molecule has 0 saturated carbocycles. The SMILES string of the molecule is CC(CO)CCCNC1CCCc2cccnc21. The summed E-state index contributed by atoms with van der Waals surface area (Å²) in [7, 11) is 0. The van der Waals surface area contributed by atoms with Crippen LogP contribution in [0.1, 0.15) is 49.9 Å². The molecule has 0 aromatic carbocycles. The topological polar surface area (TPSA) is 45.1 Å². The Balaban J connectivity index is 1.81. The van der Waals surface area contributed by atoms with Gasteiger partial charge in [-0.1, -0.05) is 13.0 Å². The van der Waals surface area contributed by atoms with Crippen LogP contribution in [0.15, 0.2) is 18.3 Å². The number of rotatable bonds is 6. The van der Waals surface area contributed by atoms with Gasteiger partial charge in [0.1, 0.15) is 0 Å². The molecule has 2 N–H and O–H groups in total. The maximum absolute atomic E-state index is 8.98. The van der Waals surface area contributed by atoms with Crippen molar-refractivity contribution in [2.24, 2.45) is 5.92 Å². The van der Waals surface area contributed by atoms with Gasteiger partial charge in [0.05, 0.1) is 5.69 Å². The number of hydrogen-bond acceptors (Lipinski definition) is 3. The molecule has 0 fully saturated rings. The monoisotopic (exact) mass is 248 g/mol. The molecule has 0 amide bonds. The first-order valence-electron chi connectivity index (χ1n) is 7.09. The molecule has 0 aliphatic heterocycles. The van der Waals surface area contributed by atoms with Crippen LogP contribution in [0.3, 0.4) is 0 Å². The first-order chi connectivity index (χ1) is 8.81. The molecule has 2 atom stereocenters. The van der Waals surface area contributed by atoms with Gasteiger partial charge in [0.25, 0.3) is 0 Å². The number of nitrogens with zero attached hydrogens (tertiary/aromatic N) is 1. The zero-order valence-electron chi connectivity index (χ0n) is 11.2. The van der Waals surface area contributed by atoms with Gasteiger partial charge in [0.15, 0.2) is 0 Å². The van der Waals surface area contributed by atoms with E-state index in [-0.39, 0.29) is 0 Å². The van der Waals surface area contributed by atoms with Crippen molar-refractivity contribution in [1.29, 1.82) is 0 Å². The largest absolute Gasteiger partial charge is 0.396 e. The standard InChI is InChI=1S/C15H24N2O/c1-12(11-18)5-3-9-16-14-8-2-6-13-7-4-10-17-15(13)14/h4,7,10,12,14,16,18H,2-3,5-6,8-9,11H2,1H3. The first-order valence-corrected chi connectivity index (χ1v) is 7.09. The quantitative estimate of drug-likeness (QED) is 0.760. The summed E-state index contributed by atoms with van der Waals surface area (Å²) in [5.41, 5.74) is 2.66. The van der Waals surface area contributed by atoms with Crippen LogP contribution in [0.5, 0.6) is 0 Å². The van der Waals surface area contributed by atoms with Crippen molar-refractivity contribution in [3.63, 3.8) is 0 Å². The van der Waals surface area contributed by atoms with Crippen molar-refractivity contribution < 1.29 is 5.11 Å². The van der Waals surface area contributed by atoms with Crippen LogP contribution in [0.2, 0.25) is 0 Å². The molecule has 1 aromatic heterocycles. The highest BCUT2D eigenvalue weighted by Gasteiger charge is 2.20. The van der Waals surface area contributed by atoms with Crippen LogP contribution >= 0.6 is 0 Å². The van der Waals surface area contributed by atoms with Crippen LogP contribution in [0, 0.1) is 5.92 Å². The lowest BCUT2D eigenvalue weighted by molar-refractivity contribution is 0.227. The third-order valence-electron chi connectivity index (χ3n) is 3.77. The van der Waals surface area contributed by atoms with E-state index in [4.69, 9.17) is 5.11 Å². The van der Waals surface area contributed by atoms with Gasteiger partial charge in [-0.25, -0.2) is 0 Å². The Morgan fingerprint density at radius 1 is 1.56 bits per heavy atom. The van der Waals surface area contributed by atoms with Gasteiger partial charge in [-0.15, -0.1) is 0 Å². The van der Waals surface area contributed by atoms with E-state index in [1.807, 2.05) is 12.3 Å². The molecular formula is C15H24N2O. The van der Waals surface area contributed by atoms with Gasteiger partial charge in [-0.05, 0) is 56.2 Å². The van der Waals surface area contributed by atoms with Crippen LogP contribution < -0.4 is 5.32 Å². The fourth-order valence-electron chi connectivity index (χ4n) is 2.63. The van der Waals surface area contributed by atoms with E-state index in [0.29, 0.717) is 18.6 Å². The minimum atomic E-state index is 0.299. The summed E-state index contributed by atoms with van der Waals surface area (Å²) in [6, 6.07) is 4.66. The molecule has 1 aliphatic rings. The average molecular weight is 248 g/mol.